The Hall–Kier alpha value is -3.17. The molecule has 0 saturated carbocycles. The van der Waals surface area contributed by atoms with E-state index in [9.17, 15) is 23.7 Å². The molecule has 0 bridgehead atoms. The fourth-order valence-corrected chi connectivity index (χ4v) is 4.48. The normalized spacial score (nSPS) is 17.7. The lowest BCUT2D eigenvalue weighted by Crippen LogP contribution is -2.26. The number of carbonyl (C=O) groups excluding carboxylic acids is 1. The van der Waals surface area contributed by atoms with Crippen LogP contribution >= 0.6 is 23.4 Å². The van der Waals surface area contributed by atoms with Gasteiger partial charge in [-0.1, -0.05) is 29.4 Å². The van der Waals surface area contributed by atoms with E-state index in [1.165, 1.54) is 24.3 Å². The number of benzene rings is 2. The van der Waals surface area contributed by atoms with Gasteiger partial charge in [0.15, 0.2) is 11.3 Å². The molecule has 4 rings (SSSR count). The van der Waals surface area contributed by atoms with Crippen LogP contribution in [0.3, 0.4) is 0 Å². The number of ketones is 1. The first-order valence-electron chi connectivity index (χ1n) is 9.00. The first-order chi connectivity index (χ1) is 14.7. The summed E-state index contributed by atoms with van der Waals surface area (Å²) in [5, 5.41) is 14.6. The fourth-order valence-electron chi connectivity index (χ4n) is 3.30. The number of allylic oxidation sites excluding steroid dienone is 3. The van der Waals surface area contributed by atoms with Crippen molar-refractivity contribution in [1.29, 1.82) is 0 Å². The van der Waals surface area contributed by atoms with Crippen LogP contribution in [0.5, 0.6) is 0 Å². The van der Waals surface area contributed by atoms with Gasteiger partial charge in [-0.3, -0.25) is 14.9 Å². The van der Waals surface area contributed by atoms with E-state index in [0.717, 1.165) is 17.0 Å². The van der Waals surface area contributed by atoms with Crippen LogP contribution in [0.1, 0.15) is 22.8 Å². The molecule has 0 spiro atoms. The number of nitrogens with zero attached hydrogens (tertiary/aromatic N) is 2. The molecule has 1 N–H and O–H groups in total. The van der Waals surface area contributed by atoms with Gasteiger partial charge in [0.25, 0.3) is 5.69 Å². The van der Waals surface area contributed by atoms with Crippen LogP contribution in [0.25, 0.3) is 5.70 Å². The summed E-state index contributed by atoms with van der Waals surface area (Å²) >= 11 is 7.47. The zero-order valence-electron chi connectivity index (χ0n) is 15.9. The van der Waals surface area contributed by atoms with Crippen molar-refractivity contribution >= 4 is 40.5 Å². The topological polar surface area (TPSA) is 75.5 Å². The van der Waals surface area contributed by atoms with Gasteiger partial charge >= 0.3 is 0 Å². The first kappa shape index (κ1) is 21.1. The molecule has 0 fully saturated rings. The standard InChI is InChI=1S/C21H14ClF2N3O3S/c1-11-10-26-17(4-5-19(28)13-6-14(23)9-15(24)7-13)20(25-21(26)31-11)12-2-3-16(22)18(8-12)27(29)30/h2-10,21,25H,1H3/b5-4+. The maximum atomic E-state index is 13.4. The number of carbonyl (C=O) groups is 1. The molecule has 1 atom stereocenters. The average Bonchev–Trinajstić information content (AvgIpc) is 3.21. The number of halogens is 3. The molecule has 6 nitrogen and oxygen atoms in total. The molecule has 158 valence electrons. The lowest BCUT2D eigenvalue weighted by molar-refractivity contribution is -0.384. The maximum Gasteiger partial charge on any atom is 0.288 e. The minimum atomic E-state index is -0.845. The van der Waals surface area contributed by atoms with Gasteiger partial charge in [-0.2, -0.15) is 0 Å². The van der Waals surface area contributed by atoms with Gasteiger partial charge in [-0.15, -0.1) is 0 Å². The van der Waals surface area contributed by atoms with E-state index in [2.05, 4.69) is 5.32 Å². The van der Waals surface area contributed by atoms with Crippen molar-refractivity contribution in [3.8, 4) is 0 Å². The quantitative estimate of drug-likeness (QED) is 0.277. The average molecular weight is 462 g/mol. The van der Waals surface area contributed by atoms with Crippen LogP contribution in [-0.4, -0.2) is 21.1 Å². The molecule has 0 aliphatic carbocycles. The Labute approximate surface area is 185 Å². The molecule has 10 heteroatoms. The Morgan fingerprint density at radius 3 is 2.65 bits per heavy atom. The summed E-state index contributed by atoms with van der Waals surface area (Å²) in [6, 6.07) is 7.03. The maximum absolute atomic E-state index is 13.4. The number of hydrogen-bond donors (Lipinski definition) is 1. The molecule has 1 unspecified atom stereocenters. The molecule has 0 saturated heterocycles. The minimum Gasteiger partial charge on any atom is -0.354 e. The van der Waals surface area contributed by atoms with Crippen molar-refractivity contribution in [1.82, 2.24) is 10.2 Å². The highest BCUT2D eigenvalue weighted by atomic mass is 35.5. The SMILES string of the molecule is CC1=CN2C(/C=C/C(=O)c3cc(F)cc(F)c3)=C(c3ccc(Cl)c([N+](=O)[O-])c3)NC2S1. The molecule has 2 aliphatic rings. The second kappa shape index (κ2) is 8.16. The van der Waals surface area contributed by atoms with Crippen LogP contribution in [-0.2, 0) is 0 Å². The molecule has 2 aromatic carbocycles. The van der Waals surface area contributed by atoms with Crippen LogP contribution in [0.2, 0.25) is 5.02 Å². The van der Waals surface area contributed by atoms with Crippen LogP contribution in [0, 0.1) is 21.7 Å². The van der Waals surface area contributed by atoms with Crippen molar-refractivity contribution in [2.75, 3.05) is 0 Å². The zero-order valence-corrected chi connectivity index (χ0v) is 17.5. The number of fused-ring (bicyclic) bond motifs is 1. The molecule has 0 aromatic heterocycles. The number of nitro groups is 1. The number of thioether (sulfide) groups is 1. The third kappa shape index (κ3) is 4.19. The fraction of sp³-hybridized carbons (Fsp3) is 0.0952. The van der Waals surface area contributed by atoms with Crippen molar-refractivity contribution in [3.05, 3.63) is 103 Å². The van der Waals surface area contributed by atoms with Gasteiger partial charge in [0.1, 0.15) is 16.7 Å². The molecule has 0 amide bonds. The van der Waals surface area contributed by atoms with E-state index in [1.807, 2.05) is 18.0 Å². The van der Waals surface area contributed by atoms with Crippen molar-refractivity contribution in [3.63, 3.8) is 0 Å². The van der Waals surface area contributed by atoms with Gasteiger partial charge in [0, 0.05) is 34.4 Å². The van der Waals surface area contributed by atoms with Crippen molar-refractivity contribution in [2.45, 2.75) is 12.4 Å². The van der Waals surface area contributed by atoms with Gasteiger partial charge in [-0.05, 0) is 37.3 Å². The lowest BCUT2D eigenvalue weighted by Gasteiger charge is -2.16. The second-order valence-corrected chi connectivity index (χ2v) is 8.53. The summed E-state index contributed by atoms with van der Waals surface area (Å²) in [5.74, 6) is -2.27. The predicted molar refractivity (Wildman–Crippen MR) is 115 cm³/mol. The summed E-state index contributed by atoms with van der Waals surface area (Å²) < 4.78 is 26.9. The third-order valence-electron chi connectivity index (χ3n) is 4.64. The van der Waals surface area contributed by atoms with Gasteiger partial charge in [0.05, 0.1) is 16.3 Å². The Kier molecular flexibility index (Phi) is 5.55. The summed E-state index contributed by atoms with van der Waals surface area (Å²) in [6.45, 7) is 1.93. The second-order valence-electron chi connectivity index (χ2n) is 6.80. The van der Waals surface area contributed by atoms with Gasteiger partial charge in [-0.25, -0.2) is 8.78 Å². The molecule has 0 radical (unpaired) electrons. The van der Waals surface area contributed by atoms with Crippen molar-refractivity contribution in [2.24, 2.45) is 0 Å². The van der Waals surface area contributed by atoms with E-state index < -0.39 is 22.3 Å². The Morgan fingerprint density at radius 1 is 1.26 bits per heavy atom. The summed E-state index contributed by atoms with van der Waals surface area (Å²) in [7, 11) is 0. The lowest BCUT2D eigenvalue weighted by atomic mass is 10.1. The van der Waals surface area contributed by atoms with Crippen LogP contribution in [0.15, 0.2) is 65.4 Å². The summed E-state index contributed by atoms with van der Waals surface area (Å²) in [4.78, 5) is 26.1. The van der Waals surface area contributed by atoms with Crippen molar-refractivity contribution < 1.29 is 18.5 Å². The van der Waals surface area contributed by atoms with Crippen LogP contribution in [0.4, 0.5) is 14.5 Å². The van der Waals surface area contributed by atoms with E-state index in [4.69, 9.17) is 11.6 Å². The molecular formula is C21H14ClF2N3O3S. The zero-order chi connectivity index (χ0) is 22.3. The van der Waals surface area contributed by atoms with E-state index >= 15 is 0 Å². The third-order valence-corrected chi connectivity index (χ3v) is 6.01. The van der Waals surface area contributed by atoms with Gasteiger partial charge < -0.3 is 10.2 Å². The monoisotopic (exact) mass is 461 g/mol. The Bertz CT molecular complexity index is 1190. The Balaban J connectivity index is 1.75. The smallest absolute Gasteiger partial charge is 0.288 e. The first-order valence-corrected chi connectivity index (χ1v) is 10.3. The summed E-state index contributed by atoms with van der Waals surface area (Å²) in [5.41, 5.74) is 1.11. The number of hydrogen-bond acceptors (Lipinski definition) is 6. The van der Waals surface area contributed by atoms with Gasteiger partial charge in [0.2, 0.25) is 0 Å². The van der Waals surface area contributed by atoms with E-state index in [0.29, 0.717) is 23.0 Å². The molecule has 2 aliphatic heterocycles. The Morgan fingerprint density at radius 2 is 1.97 bits per heavy atom. The van der Waals surface area contributed by atoms with Crippen LogP contribution < -0.4 is 5.32 Å². The molecular weight excluding hydrogens is 448 g/mol. The molecule has 2 aromatic rings. The van der Waals surface area contributed by atoms with E-state index in [-0.39, 0.29) is 21.8 Å². The minimum absolute atomic E-state index is 0.0124. The number of rotatable bonds is 5. The number of nitro benzene ring substituents is 1. The highest BCUT2D eigenvalue weighted by molar-refractivity contribution is 8.03. The molecule has 2 heterocycles. The molecule has 31 heavy (non-hydrogen) atoms. The largest absolute Gasteiger partial charge is 0.354 e. The predicted octanol–water partition coefficient (Wildman–Crippen LogP) is 5.43. The highest BCUT2D eigenvalue weighted by Crippen LogP contribution is 2.42. The van der Waals surface area contributed by atoms with E-state index in [1.54, 1.807) is 17.8 Å². The highest BCUT2D eigenvalue weighted by Gasteiger charge is 2.34. The number of nitrogens with one attached hydrogen (secondary N) is 1. The summed E-state index contributed by atoms with van der Waals surface area (Å²) in [6.07, 6.45) is 4.61.